The van der Waals surface area contributed by atoms with E-state index in [1.807, 2.05) is 0 Å². The normalized spacial score (nSPS) is 20.5. The summed E-state index contributed by atoms with van der Waals surface area (Å²) >= 11 is 0. The SMILES string of the molecule is CNS(=O)(=O)c1ccc(N2CCOCC2C)cc1N. The third kappa shape index (κ3) is 2.83. The largest absolute Gasteiger partial charge is 0.398 e. The summed E-state index contributed by atoms with van der Waals surface area (Å²) in [5.74, 6) is 0. The number of sulfonamides is 1. The standard InChI is InChI=1S/C12H19N3O3S/c1-9-8-18-6-5-15(9)10-3-4-12(11(13)7-10)19(16,17)14-2/h3-4,7,9,14H,5-6,8,13H2,1-2H3. The quantitative estimate of drug-likeness (QED) is 0.785. The van der Waals surface area contributed by atoms with Gasteiger partial charge in [-0.05, 0) is 32.2 Å². The molecule has 1 aliphatic rings. The van der Waals surface area contributed by atoms with Gasteiger partial charge in [0.25, 0.3) is 0 Å². The molecule has 0 saturated carbocycles. The van der Waals surface area contributed by atoms with Crippen LogP contribution in [-0.2, 0) is 14.8 Å². The van der Waals surface area contributed by atoms with Crippen LogP contribution in [0.3, 0.4) is 0 Å². The molecule has 1 saturated heterocycles. The van der Waals surface area contributed by atoms with E-state index in [0.29, 0.717) is 13.2 Å². The summed E-state index contributed by atoms with van der Waals surface area (Å²) in [6.45, 7) is 4.17. The summed E-state index contributed by atoms with van der Waals surface area (Å²) in [6, 6.07) is 5.27. The minimum atomic E-state index is -3.51. The molecular weight excluding hydrogens is 266 g/mol. The van der Waals surface area contributed by atoms with E-state index in [1.54, 1.807) is 18.2 Å². The summed E-state index contributed by atoms with van der Waals surface area (Å²) in [5, 5.41) is 0. The van der Waals surface area contributed by atoms with Gasteiger partial charge in [-0.3, -0.25) is 0 Å². The van der Waals surface area contributed by atoms with Gasteiger partial charge in [-0.25, -0.2) is 13.1 Å². The number of morpholine rings is 1. The zero-order valence-corrected chi connectivity index (χ0v) is 11.9. The lowest BCUT2D eigenvalue weighted by Gasteiger charge is -2.35. The van der Waals surface area contributed by atoms with E-state index in [0.717, 1.165) is 12.2 Å². The first-order chi connectivity index (χ1) is 8.95. The molecule has 1 aliphatic heterocycles. The lowest BCUT2D eigenvalue weighted by atomic mass is 10.2. The maximum Gasteiger partial charge on any atom is 0.242 e. The number of nitrogen functional groups attached to an aromatic ring is 1. The van der Waals surface area contributed by atoms with Crippen molar-refractivity contribution in [1.82, 2.24) is 4.72 Å². The van der Waals surface area contributed by atoms with Gasteiger partial charge in [0.05, 0.1) is 18.9 Å². The fourth-order valence-corrected chi connectivity index (χ4v) is 3.02. The first-order valence-electron chi connectivity index (χ1n) is 6.13. The number of rotatable bonds is 3. The summed E-state index contributed by atoms with van der Waals surface area (Å²) in [7, 11) is -2.14. The van der Waals surface area contributed by atoms with Crippen LogP contribution >= 0.6 is 0 Å². The number of ether oxygens (including phenoxy) is 1. The molecule has 1 fully saturated rings. The molecule has 3 N–H and O–H groups in total. The van der Waals surface area contributed by atoms with Crippen LogP contribution in [0.1, 0.15) is 6.92 Å². The Bertz CT molecular complexity index is 559. The Morgan fingerprint density at radius 1 is 1.47 bits per heavy atom. The van der Waals surface area contributed by atoms with Crippen molar-refractivity contribution < 1.29 is 13.2 Å². The number of nitrogens with one attached hydrogen (secondary N) is 1. The molecule has 1 unspecified atom stereocenters. The number of nitrogens with zero attached hydrogens (tertiary/aromatic N) is 1. The predicted octanol–water partition coefficient (Wildman–Crippen LogP) is 0.402. The Kier molecular flexibility index (Phi) is 3.98. The van der Waals surface area contributed by atoms with E-state index in [9.17, 15) is 8.42 Å². The van der Waals surface area contributed by atoms with Crippen molar-refractivity contribution in [3.63, 3.8) is 0 Å². The van der Waals surface area contributed by atoms with E-state index in [2.05, 4.69) is 16.5 Å². The molecule has 0 amide bonds. The second-order valence-corrected chi connectivity index (χ2v) is 6.40. The molecule has 0 radical (unpaired) electrons. The van der Waals surface area contributed by atoms with Crippen LogP contribution < -0.4 is 15.4 Å². The molecule has 6 nitrogen and oxygen atoms in total. The molecule has 106 valence electrons. The Balaban J connectivity index is 2.33. The van der Waals surface area contributed by atoms with Crippen molar-refractivity contribution in [3.05, 3.63) is 18.2 Å². The summed E-state index contributed by atoms with van der Waals surface area (Å²) in [6.07, 6.45) is 0. The lowest BCUT2D eigenvalue weighted by Crippen LogP contribution is -2.43. The summed E-state index contributed by atoms with van der Waals surface area (Å²) in [5.41, 5.74) is 7.03. The monoisotopic (exact) mass is 285 g/mol. The van der Waals surface area contributed by atoms with Crippen LogP contribution in [0, 0.1) is 0 Å². The van der Waals surface area contributed by atoms with Crippen molar-refractivity contribution in [1.29, 1.82) is 0 Å². The average molecular weight is 285 g/mol. The van der Waals surface area contributed by atoms with Crippen LogP contribution in [0.4, 0.5) is 11.4 Å². The molecule has 2 rings (SSSR count). The average Bonchev–Trinajstić information content (AvgIpc) is 2.39. The predicted molar refractivity (Wildman–Crippen MR) is 74.7 cm³/mol. The first kappa shape index (κ1) is 14.1. The fraction of sp³-hybridized carbons (Fsp3) is 0.500. The molecule has 0 aromatic heterocycles. The maximum atomic E-state index is 11.7. The minimum Gasteiger partial charge on any atom is -0.398 e. The number of anilines is 2. The highest BCUT2D eigenvalue weighted by Crippen LogP contribution is 2.26. The molecule has 1 atom stereocenters. The van der Waals surface area contributed by atoms with Gasteiger partial charge in [-0.1, -0.05) is 0 Å². The Hall–Kier alpha value is -1.31. The van der Waals surface area contributed by atoms with Crippen LogP contribution in [0.2, 0.25) is 0 Å². The lowest BCUT2D eigenvalue weighted by molar-refractivity contribution is 0.0989. The molecule has 1 aromatic carbocycles. The van der Waals surface area contributed by atoms with Crippen molar-refractivity contribution in [2.75, 3.05) is 37.4 Å². The third-order valence-corrected chi connectivity index (χ3v) is 4.74. The van der Waals surface area contributed by atoms with Crippen molar-refractivity contribution in [2.45, 2.75) is 17.9 Å². The number of benzene rings is 1. The Morgan fingerprint density at radius 3 is 2.79 bits per heavy atom. The van der Waals surface area contributed by atoms with E-state index in [4.69, 9.17) is 10.5 Å². The van der Waals surface area contributed by atoms with E-state index in [-0.39, 0.29) is 16.6 Å². The zero-order chi connectivity index (χ0) is 14.0. The Morgan fingerprint density at radius 2 is 2.21 bits per heavy atom. The van der Waals surface area contributed by atoms with Crippen LogP contribution in [0.5, 0.6) is 0 Å². The highest BCUT2D eigenvalue weighted by molar-refractivity contribution is 7.89. The minimum absolute atomic E-state index is 0.111. The molecule has 0 aliphatic carbocycles. The van der Waals surface area contributed by atoms with Crippen molar-refractivity contribution in [2.24, 2.45) is 0 Å². The van der Waals surface area contributed by atoms with Crippen molar-refractivity contribution >= 4 is 21.4 Å². The summed E-state index contributed by atoms with van der Waals surface area (Å²) in [4.78, 5) is 2.27. The van der Waals surface area contributed by atoms with Gasteiger partial charge in [-0.2, -0.15) is 0 Å². The Labute approximate surface area is 113 Å². The molecule has 0 bridgehead atoms. The number of hydrogen-bond donors (Lipinski definition) is 2. The first-order valence-corrected chi connectivity index (χ1v) is 7.61. The molecule has 7 heteroatoms. The fourth-order valence-electron chi connectivity index (χ4n) is 2.18. The van der Waals surface area contributed by atoms with Gasteiger partial charge in [-0.15, -0.1) is 0 Å². The zero-order valence-electron chi connectivity index (χ0n) is 11.1. The molecule has 1 heterocycles. The highest BCUT2D eigenvalue weighted by Gasteiger charge is 2.21. The molecule has 1 aromatic rings. The highest BCUT2D eigenvalue weighted by atomic mass is 32.2. The van der Waals surface area contributed by atoms with Gasteiger partial charge in [0.15, 0.2) is 0 Å². The second-order valence-electron chi connectivity index (χ2n) is 4.55. The number of hydrogen-bond acceptors (Lipinski definition) is 5. The van der Waals surface area contributed by atoms with Gasteiger partial charge < -0.3 is 15.4 Å². The van der Waals surface area contributed by atoms with Crippen LogP contribution in [-0.4, -0.2) is 41.3 Å². The topological polar surface area (TPSA) is 84.7 Å². The van der Waals surface area contributed by atoms with Gasteiger partial charge >= 0.3 is 0 Å². The molecule has 19 heavy (non-hydrogen) atoms. The van der Waals surface area contributed by atoms with Crippen molar-refractivity contribution in [3.8, 4) is 0 Å². The smallest absolute Gasteiger partial charge is 0.242 e. The van der Waals surface area contributed by atoms with Gasteiger partial charge in [0, 0.05) is 18.3 Å². The van der Waals surface area contributed by atoms with E-state index in [1.165, 1.54) is 7.05 Å². The van der Waals surface area contributed by atoms with Crippen LogP contribution in [0.25, 0.3) is 0 Å². The third-order valence-electron chi connectivity index (χ3n) is 3.25. The van der Waals surface area contributed by atoms with Gasteiger partial charge in [0.2, 0.25) is 10.0 Å². The van der Waals surface area contributed by atoms with Crippen LogP contribution in [0.15, 0.2) is 23.1 Å². The maximum absolute atomic E-state index is 11.7. The van der Waals surface area contributed by atoms with E-state index < -0.39 is 10.0 Å². The summed E-state index contributed by atoms with van der Waals surface area (Å²) < 4.78 is 31.1. The van der Waals surface area contributed by atoms with Gasteiger partial charge in [0.1, 0.15) is 4.90 Å². The second kappa shape index (κ2) is 5.36. The molecule has 0 spiro atoms. The molecular formula is C12H19N3O3S. The van der Waals surface area contributed by atoms with E-state index >= 15 is 0 Å². The number of nitrogens with two attached hydrogens (primary N) is 1.